The first-order chi connectivity index (χ1) is 10.3. The van der Waals surface area contributed by atoms with Gasteiger partial charge < -0.3 is 15.0 Å². The van der Waals surface area contributed by atoms with E-state index in [9.17, 15) is 4.79 Å². The topological polar surface area (TPSA) is 41.6 Å². The molecule has 1 aromatic rings. The van der Waals surface area contributed by atoms with Crippen LogP contribution in [0.1, 0.15) is 18.4 Å². The van der Waals surface area contributed by atoms with E-state index in [1.807, 2.05) is 34.9 Å². The quantitative estimate of drug-likeness (QED) is 0.648. The highest BCUT2D eigenvalue weighted by atomic mass is 32.2. The van der Waals surface area contributed by atoms with E-state index in [2.05, 4.69) is 17.4 Å². The Morgan fingerprint density at radius 2 is 2.19 bits per heavy atom. The maximum Gasteiger partial charge on any atom is 0.318 e. The zero-order valence-corrected chi connectivity index (χ0v) is 13.1. The Morgan fingerprint density at radius 1 is 1.38 bits per heavy atom. The first-order valence-corrected chi connectivity index (χ1v) is 8.56. The van der Waals surface area contributed by atoms with Gasteiger partial charge in [0.1, 0.15) is 0 Å². The number of ether oxygens (including phenoxy) is 1. The highest BCUT2D eigenvalue weighted by Crippen LogP contribution is 2.37. The van der Waals surface area contributed by atoms with Gasteiger partial charge in [0.05, 0.1) is 12.1 Å². The molecule has 2 aliphatic heterocycles. The van der Waals surface area contributed by atoms with Crippen molar-refractivity contribution in [3.05, 3.63) is 35.9 Å². The summed E-state index contributed by atoms with van der Waals surface area (Å²) in [6, 6.07) is 10.9. The number of urea groups is 1. The predicted molar refractivity (Wildman–Crippen MR) is 85.4 cm³/mol. The first kappa shape index (κ1) is 14.7. The van der Waals surface area contributed by atoms with Crippen LogP contribution in [0.15, 0.2) is 30.3 Å². The molecule has 0 radical (unpaired) electrons. The second kappa shape index (κ2) is 6.71. The molecule has 21 heavy (non-hydrogen) atoms. The summed E-state index contributed by atoms with van der Waals surface area (Å²) >= 11 is 1.99. The van der Waals surface area contributed by atoms with E-state index in [4.69, 9.17) is 4.74 Å². The number of rotatable bonds is 6. The largest absolute Gasteiger partial charge is 0.385 e. The SMILES string of the molecule is COCCCC1SCC2C1NC(=O)N2Cc1ccccc1. The van der Waals surface area contributed by atoms with Gasteiger partial charge >= 0.3 is 6.03 Å². The molecule has 3 atom stereocenters. The Bertz CT molecular complexity index is 482. The van der Waals surface area contributed by atoms with Gasteiger partial charge in [0, 0.05) is 31.3 Å². The summed E-state index contributed by atoms with van der Waals surface area (Å²) in [6.45, 7) is 1.51. The number of fused-ring (bicyclic) bond motifs is 1. The fourth-order valence-corrected chi connectivity index (χ4v) is 4.81. The molecule has 0 aliphatic carbocycles. The van der Waals surface area contributed by atoms with Gasteiger partial charge in [0.25, 0.3) is 0 Å². The summed E-state index contributed by atoms with van der Waals surface area (Å²) < 4.78 is 5.13. The number of thioether (sulfide) groups is 1. The molecule has 114 valence electrons. The van der Waals surface area contributed by atoms with E-state index in [1.54, 1.807) is 7.11 Å². The van der Waals surface area contributed by atoms with Gasteiger partial charge in [-0.2, -0.15) is 11.8 Å². The van der Waals surface area contributed by atoms with Crippen LogP contribution >= 0.6 is 11.8 Å². The Kier molecular flexibility index (Phi) is 4.70. The Hall–Kier alpha value is -1.20. The van der Waals surface area contributed by atoms with Gasteiger partial charge in [-0.3, -0.25) is 0 Å². The summed E-state index contributed by atoms with van der Waals surface area (Å²) in [5.74, 6) is 1.04. The number of carbonyl (C=O) groups excluding carboxylic acids is 1. The van der Waals surface area contributed by atoms with Gasteiger partial charge in [-0.1, -0.05) is 30.3 Å². The lowest BCUT2D eigenvalue weighted by atomic mass is 10.0. The van der Waals surface area contributed by atoms with Gasteiger partial charge in [-0.25, -0.2) is 4.79 Å². The molecule has 4 nitrogen and oxygen atoms in total. The number of carbonyl (C=O) groups is 1. The normalized spacial score (nSPS) is 27.8. The number of methoxy groups -OCH3 is 1. The van der Waals surface area contributed by atoms with Crippen LogP contribution in [-0.2, 0) is 11.3 Å². The lowest BCUT2D eigenvalue weighted by Crippen LogP contribution is -2.37. The monoisotopic (exact) mass is 306 g/mol. The average molecular weight is 306 g/mol. The molecule has 2 fully saturated rings. The third-order valence-corrected chi connectivity index (χ3v) is 5.77. The molecular formula is C16H22N2O2S. The summed E-state index contributed by atoms with van der Waals surface area (Å²) in [6.07, 6.45) is 2.17. The molecule has 2 amide bonds. The number of benzene rings is 1. The van der Waals surface area contributed by atoms with E-state index in [0.717, 1.165) is 25.2 Å². The summed E-state index contributed by atoms with van der Waals surface area (Å²) in [5, 5.41) is 3.71. The molecule has 1 N–H and O–H groups in total. The van der Waals surface area contributed by atoms with Crippen molar-refractivity contribution in [1.29, 1.82) is 0 Å². The number of hydrogen-bond acceptors (Lipinski definition) is 3. The van der Waals surface area contributed by atoms with E-state index < -0.39 is 0 Å². The van der Waals surface area contributed by atoms with Crippen LogP contribution < -0.4 is 5.32 Å². The number of nitrogens with zero attached hydrogens (tertiary/aromatic N) is 1. The minimum Gasteiger partial charge on any atom is -0.385 e. The molecule has 3 rings (SSSR count). The second-order valence-electron chi connectivity index (χ2n) is 5.66. The molecule has 0 aromatic heterocycles. The fraction of sp³-hybridized carbons (Fsp3) is 0.562. The van der Waals surface area contributed by atoms with Crippen LogP contribution in [0.3, 0.4) is 0 Å². The van der Waals surface area contributed by atoms with Crippen molar-refractivity contribution in [1.82, 2.24) is 10.2 Å². The van der Waals surface area contributed by atoms with Crippen LogP contribution in [0.2, 0.25) is 0 Å². The minimum absolute atomic E-state index is 0.0888. The molecule has 2 heterocycles. The summed E-state index contributed by atoms with van der Waals surface area (Å²) in [5.41, 5.74) is 1.20. The van der Waals surface area contributed by atoms with Crippen molar-refractivity contribution < 1.29 is 9.53 Å². The van der Waals surface area contributed by atoms with Crippen LogP contribution in [0.25, 0.3) is 0 Å². The van der Waals surface area contributed by atoms with Crippen LogP contribution in [0.4, 0.5) is 4.79 Å². The molecular weight excluding hydrogens is 284 g/mol. The highest BCUT2D eigenvalue weighted by molar-refractivity contribution is 8.00. The van der Waals surface area contributed by atoms with E-state index in [-0.39, 0.29) is 6.03 Å². The molecule has 0 bridgehead atoms. The minimum atomic E-state index is 0.0888. The maximum atomic E-state index is 12.2. The molecule has 0 spiro atoms. The van der Waals surface area contributed by atoms with Gasteiger partial charge in [-0.15, -0.1) is 0 Å². The molecule has 2 saturated heterocycles. The highest BCUT2D eigenvalue weighted by Gasteiger charge is 2.47. The zero-order valence-electron chi connectivity index (χ0n) is 12.3. The third kappa shape index (κ3) is 3.19. The Morgan fingerprint density at radius 3 is 2.95 bits per heavy atom. The van der Waals surface area contributed by atoms with Crippen molar-refractivity contribution in [3.8, 4) is 0 Å². The summed E-state index contributed by atoms with van der Waals surface area (Å²) in [4.78, 5) is 14.3. The molecule has 5 heteroatoms. The number of amides is 2. The van der Waals surface area contributed by atoms with Crippen LogP contribution in [-0.4, -0.2) is 47.7 Å². The summed E-state index contributed by atoms with van der Waals surface area (Å²) in [7, 11) is 1.74. The van der Waals surface area contributed by atoms with Crippen molar-refractivity contribution in [3.63, 3.8) is 0 Å². The van der Waals surface area contributed by atoms with Gasteiger partial charge in [0.15, 0.2) is 0 Å². The van der Waals surface area contributed by atoms with Crippen molar-refractivity contribution in [2.24, 2.45) is 0 Å². The standard InChI is InChI=1S/C16H22N2O2S/c1-20-9-5-8-14-15-13(11-21-14)18(16(19)17-15)10-12-6-3-2-4-7-12/h2-4,6-7,13-15H,5,8-11H2,1H3,(H,17,19). The van der Waals surface area contributed by atoms with Crippen molar-refractivity contribution in [2.75, 3.05) is 19.5 Å². The zero-order chi connectivity index (χ0) is 14.7. The van der Waals surface area contributed by atoms with E-state index in [1.165, 1.54) is 5.56 Å². The van der Waals surface area contributed by atoms with Crippen LogP contribution in [0, 0.1) is 0 Å². The van der Waals surface area contributed by atoms with Gasteiger partial charge in [0.2, 0.25) is 0 Å². The third-order valence-electron chi connectivity index (χ3n) is 4.28. The Labute approximate surface area is 130 Å². The number of nitrogens with one attached hydrogen (secondary N) is 1. The Balaban J connectivity index is 1.62. The lowest BCUT2D eigenvalue weighted by Gasteiger charge is -2.22. The van der Waals surface area contributed by atoms with Crippen molar-refractivity contribution >= 4 is 17.8 Å². The van der Waals surface area contributed by atoms with Crippen molar-refractivity contribution in [2.45, 2.75) is 36.7 Å². The predicted octanol–water partition coefficient (Wildman–Crippen LogP) is 2.49. The van der Waals surface area contributed by atoms with Crippen LogP contribution in [0.5, 0.6) is 0 Å². The molecule has 1 aromatic carbocycles. The van der Waals surface area contributed by atoms with E-state index >= 15 is 0 Å². The molecule has 3 unspecified atom stereocenters. The second-order valence-corrected chi connectivity index (χ2v) is 6.94. The number of hydrogen-bond donors (Lipinski definition) is 1. The van der Waals surface area contributed by atoms with Gasteiger partial charge in [-0.05, 0) is 18.4 Å². The first-order valence-electron chi connectivity index (χ1n) is 7.51. The molecule has 0 saturated carbocycles. The smallest absolute Gasteiger partial charge is 0.318 e. The fourth-order valence-electron chi connectivity index (χ4n) is 3.19. The lowest BCUT2D eigenvalue weighted by molar-refractivity contribution is 0.191. The molecule has 2 aliphatic rings. The average Bonchev–Trinajstić information content (AvgIpc) is 3.02. The maximum absolute atomic E-state index is 12.2. The van der Waals surface area contributed by atoms with E-state index in [0.29, 0.717) is 23.9 Å².